The first-order valence-electron chi connectivity index (χ1n) is 7.31. The molecule has 1 heterocycles. The fourth-order valence-electron chi connectivity index (χ4n) is 2.43. The van der Waals surface area contributed by atoms with Crippen LogP contribution in [0.4, 0.5) is 13.2 Å². The fraction of sp³-hybridized carbons (Fsp3) is 0.533. The van der Waals surface area contributed by atoms with Gasteiger partial charge in [-0.15, -0.1) is 0 Å². The molecular formula is C15H19F3N2O2S. The molecule has 1 amide bonds. The summed E-state index contributed by atoms with van der Waals surface area (Å²) in [5.74, 6) is -2.75. The van der Waals surface area contributed by atoms with Gasteiger partial charge in [0.15, 0.2) is 17.5 Å². The van der Waals surface area contributed by atoms with Gasteiger partial charge in [0.2, 0.25) is 5.91 Å². The van der Waals surface area contributed by atoms with Crippen LogP contribution in [0.2, 0.25) is 0 Å². The molecule has 0 bridgehead atoms. The maximum atomic E-state index is 13.3. The van der Waals surface area contributed by atoms with Gasteiger partial charge in [-0.1, -0.05) is 0 Å². The third-order valence-corrected chi connectivity index (χ3v) is 4.82. The third kappa shape index (κ3) is 4.39. The molecule has 1 aliphatic heterocycles. The van der Waals surface area contributed by atoms with Gasteiger partial charge in [-0.05, 0) is 24.6 Å². The SMILES string of the molecule is CC(C(=O)NC(CO)c1cc(F)c(F)c(F)c1)N1CCSCC1. The molecule has 1 aliphatic rings. The molecule has 0 aliphatic carbocycles. The predicted molar refractivity (Wildman–Crippen MR) is 82.6 cm³/mol. The fourth-order valence-corrected chi connectivity index (χ4v) is 3.36. The molecule has 23 heavy (non-hydrogen) atoms. The van der Waals surface area contributed by atoms with Gasteiger partial charge in [-0.25, -0.2) is 13.2 Å². The van der Waals surface area contributed by atoms with Crippen LogP contribution in [0, 0.1) is 17.5 Å². The van der Waals surface area contributed by atoms with Crippen LogP contribution in [0.25, 0.3) is 0 Å². The van der Waals surface area contributed by atoms with Crippen LogP contribution in [-0.4, -0.2) is 53.2 Å². The van der Waals surface area contributed by atoms with Gasteiger partial charge in [0.25, 0.3) is 0 Å². The van der Waals surface area contributed by atoms with Crippen LogP contribution < -0.4 is 5.32 Å². The normalized spacial score (nSPS) is 18.5. The number of aliphatic hydroxyl groups is 1. The molecule has 8 heteroatoms. The zero-order chi connectivity index (χ0) is 17.0. The summed E-state index contributed by atoms with van der Waals surface area (Å²) in [4.78, 5) is 14.3. The Morgan fingerprint density at radius 1 is 1.30 bits per heavy atom. The van der Waals surface area contributed by atoms with Crippen LogP contribution >= 0.6 is 11.8 Å². The van der Waals surface area contributed by atoms with E-state index in [0.29, 0.717) is 0 Å². The van der Waals surface area contributed by atoms with E-state index in [4.69, 9.17) is 0 Å². The summed E-state index contributed by atoms with van der Waals surface area (Å²) in [6.07, 6.45) is 0. The van der Waals surface area contributed by atoms with E-state index >= 15 is 0 Å². The van der Waals surface area contributed by atoms with Crippen molar-refractivity contribution < 1.29 is 23.1 Å². The molecule has 4 nitrogen and oxygen atoms in total. The largest absolute Gasteiger partial charge is 0.394 e. The van der Waals surface area contributed by atoms with E-state index in [0.717, 1.165) is 36.7 Å². The number of nitrogens with one attached hydrogen (secondary N) is 1. The lowest BCUT2D eigenvalue weighted by molar-refractivity contribution is -0.126. The zero-order valence-electron chi connectivity index (χ0n) is 12.7. The predicted octanol–water partition coefficient (Wildman–Crippen LogP) is 1.69. The second-order valence-corrected chi connectivity index (χ2v) is 6.59. The molecule has 1 fully saturated rings. The van der Waals surface area contributed by atoms with Gasteiger partial charge in [-0.3, -0.25) is 9.69 Å². The molecule has 2 unspecified atom stereocenters. The molecule has 2 rings (SSSR count). The Bertz CT molecular complexity index is 545. The third-order valence-electron chi connectivity index (χ3n) is 3.88. The van der Waals surface area contributed by atoms with E-state index in [1.165, 1.54) is 0 Å². The quantitative estimate of drug-likeness (QED) is 0.795. The molecular weight excluding hydrogens is 329 g/mol. The maximum absolute atomic E-state index is 13.3. The van der Waals surface area contributed by atoms with Gasteiger partial charge in [0.05, 0.1) is 18.7 Å². The number of hydrogen-bond donors (Lipinski definition) is 2. The number of benzene rings is 1. The number of rotatable bonds is 5. The molecule has 0 radical (unpaired) electrons. The Morgan fingerprint density at radius 3 is 2.39 bits per heavy atom. The molecule has 1 saturated heterocycles. The Balaban J connectivity index is 2.07. The Labute approximate surface area is 137 Å². The first-order chi connectivity index (χ1) is 10.9. The summed E-state index contributed by atoms with van der Waals surface area (Å²) in [7, 11) is 0. The van der Waals surface area contributed by atoms with Crippen LogP contribution in [0.5, 0.6) is 0 Å². The average molecular weight is 348 g/mol. The van der Waals surface area contributed by atoms with Gasteiger partial charge in [0, 0.05) is 24.6 Å². The second-order valence-electron chi connectivity index (χ2n) is 5.37. The second kappa shape index (κ2) is 8.03. The molecule has 128 valence electrons. The number of carbonyl (C=O) groups excluding carboxylic acids is 1. The lowest BCUT2D eigenvalue weighted by Crippen LogP contribution is -2.49. The van der Waals surface area contributed by atoms with Crippen molar-refractivity contribution >= 4 is 17.7 Å². The standard InChI is InChI=1S/C15H19F3N2O2S/c1-9(20-2-4-23-5-3-20)15(22)19-13(8-21)10-6-11(16)14(18)12(17)7-10/h6-7,9,13,21H,2-5,8H2,1H3,(H,19,22). The summed E-state index contributed by atoms with van der Waals surface area (Å²) in [5.41, 5.74) is -0.0151. The van der Waals surface area contributed by atoms with Crippen molar-refractivity contribution in [1.29, 1.82) is 0 Å². The monoisotopic (exact) mass is 348 g/mol. The number of carbonyl (C=O) groups is 1. The van der Waals surface area contributed by atoms with E-state index in [-0.39, 0.29) is 11.5 Å². The highest BCUT2D eigenvalue weighted by atomic mass is 32.2. The van der Waals surface area contributed by atoms with Crippen molar-refractivity contribution in [3.8, 4) is 0 Å². The van der Waals surface area contributed by atoms with E-state index in [1.807, 2.05) is 16.7 Å². The van der Waals surface area contributed by atoms with E-state index in [1.54, 1.807) is 6.92 Å². The average Bonchev–Trinajstić information content (AvgIpc) is 2.57. The minimum atomic E-state index is -1.57. The summed E-state index contributed by atoms with van der Waals surface area (Å²) in [5, 5.41) is 12.0. The van der Waals surface area contributed by atoms with Crippen LogP contribution in [-0.2, 0) is 4.79 Å². The van der Waals surface area contributed by atoms with Crippen molar-refractivity contribution in [2.75, 3.05) is 31.2 Å². The number of amides is 1. The maximum Gasteiger partial charge on any atom is 0.237 e. The molecule has 2 atom stereocenters. The van der Waals surface area contributed by atoms with Crippen molar-refractivity contribution in [2.45, 2.75) is 19.0 Å². The first kappa shape index (κ1) is 18.1. The van der Waals surface area contributed by atoms with E-state index < -0.39 is 36.1 Å². The highest BCUT2D eigenvalue weighted by molar-refractivity contribution is 7.99. The first-order valence-corrected chi connectivity index (χ1v) is 8.47. The lowest BCUT2D eigenvalue weighted by Gasteiger charge is -2.32. The highest BCUT2D eigenvalue weighted by Crippen LogP contribution is 2.20. The summed E-state index contributed by atoms with van der Waals surface area (Å²) >= 11 is 1.82. The lowest BCUT2D eigenvalue weighted by atomic mass is 10.1. The highest BCUT2D eigenvalue weighted by Gasteiger charge is 2.26. The Kier molecular flexibility index (Phi) is 6.32. The molecule has 0 saturated carbocycles. The molecule has 2 N–H and O–H groups in total. The topological polar surface area (TPSA) is 52.6 Å². The molecule has 1 aromatic carbocycles. The van der Waals surface area contributed by atoms with Crippen molar-refractivity contribution in [3.63, 3.8) is 0 Å². The number of hydrogen-bond acceptors (Lipinski definition) is 4. The van der Waals surface area contributed by atoms with Gasteiger partial charge >= 0.3 is 0 Å². The minimum Gasteiger partial charge on any atom is -0.394 e. The van der Waals surface area contributed by atoms with Crippen molar-refractivity contribution in [2.24, 2.45) is 0 Å². The summed E-state index contributed by atoms with van der Waals surface area (Å²) < 4.78 is 39.6. The van der Waals surface area contributed by atoms with Crippen molar-refractivity contribution in [3.05, 3.63) is 35.1 Å². The number of aliphatic hydroxyl groups excluding tert-OH is 1. The number of nitrogens with zero attached hydrogens (tertiary/aromatic N) is 1. The van der Waals surface area contributed by atoms with E-state index in [2.05, 4.69) is 5.32 Å². The smallest absolute Gasteiger partial charge is 0.237 e. The Morgan fingerprint density at radius 2 is 1.87 bits per heavy atom. The van der Waals surface area contributed by atoms with Crippen LogP contribution in [0.3, 0.4) is 0 Å². The van der Waals surface area contributed by atoms with Crippen LogP contribution in [0.1, 0.15) is 18.5 Å². The van der Waals surface area contributed by atoms with E-state index in [9.17, 15) is 23.1 Å². The minimum absolute atomic E-state index is 0.0151. The van der Waals surface area contributed by atoms with Gasteiger partial charge < -0.3 is 10.4 Å². The number of halogens is 3. The zero-order valence-corrected chi connectivity index (χ0v) is 13.5. The van der Waals surface area contributed by atoms with Gasteiger partial charge in [-0.2, -0.15) is 11.8 Å². The summed E-state index contributed by atoms with van der Waals surface area (Å²) in [6, 6.07) is 0.151. The Hall–Kier alpha value is -1.25. The van der Waals surface area contributed by atoms with Crippen molar-refractivity contribution in [1.82, 2.24) is 10.2 Å². The molecule has 0 aromatic heterocycles. The van der Waals surface area contributed by atoms with Crippen LogP contribution in [0.15, 0.2) is 12.1 Å². The van der Waals surface area contributed by atoms with Gasteiger partial charge in [0.1, 0.15) is 0 Å². The number of thioether (sulfide) groups is 1. The molecule has 0 spiro atoms. The molecule has 1 aromatic rings. The summed E-state index contributed by atoms with van der Waals surface area (Å²) in [6.45, 7) is 2.76.